The first-order chi connectivity index (χ1) is 10.0. The number of hydrogen-bond donors (Lipinski definition) is 2. The van der Waals surface area contributed by atoms with Gasteiger partial charge in [-0.05, 0) is 31.4 Å². The van der Waals surface area contributed by atoms with Gasteiger partial charge in [-0.25, -0.2) is 13.1 Å². The van der Waals surface area contributed by atoms with Crippen molar-refractivity contribution in [2.75, 3.05) is 13.6 Å². The molecule has 2 rings (SSSR count). The molecule has 1 saturated carbocycles. The molecule has 0 atom stereocenters. The highest BCUT2D eigenvalue weighted by atomic mass is 32.2. The lowest BCUT2D eigenvalue weighted by atomic mass is 9.81. The molecule has 0 unspecified atom stereocenters. The Labute approximate surface area is 132 Å². The summed E-state index contributed by atoms with van der Waals surface area (Å²) in [5, 5.41) is 4.75. The summed E-state index contributed by atoms with van der Waals surface area (Å²) >= 11 is 1.48. The van der Waals surface area contributed by atoms with Crippen LogP contribution < -0.4 is 10.0 Å². The first-order valence-corrected chi connectivity index (χ1v) is 10.1. The molecule has 1 aromatic heterocycles. The summed E-state index contributed by atoms with van der Waals surface area (Å²) in [7, 11) is -1.48. The van der Waals surface area contributed by atoms with Crippen LogP contribution >= 0.6 is 11.3 Å². The summed E-state index contributed by atoms with van der Waals surface area (Å²) in [6.45, 7) is 3.57. The van der Waals surface area contributed by atoms with E-state index in [4.69, 9.17) is 0 Å². The molecule has 0 bridgehead atoms. The Morgan fingerprint density at radius 2 is 2.00 bits per heavy atom. The quantitative estimate of drug-likeness (QED) is 0.808. The topological polar surface area (TPSA) is 58.2 Å². The molecule has 0 spiro atoms. The summed E-state index contributed by atoms with van der Waals surface area (Å²) in [4.78, 5) is 1.44. The highest BCUT2D eigenvalue weighted by Crippen LogP contribution is 2.30. The van der Waals surface area contributed by atoms with E-state index in [1.54, 1.807) is 11.4 Å². The Hall–Kier alpha value is -0.430. The fourth-order valence-electron chi connectivity index (χ4n) is 2.87. The minimum absolute atomic E-state index is 0.398. The van der Waals surface area contributed by atoms with E-state index in [1.807, 2.05) is 7.05 Å². The van der Waals surface area contributed by atoms with Gasteiger partial charge in [-0.1, -0.05) is 32.6 Å². The maximum absolute atomic E-state index is 12.2. The second-order valence-electron chi connectivity index (χ2n) is 6.09. The van der Waals surface area contributed by atoms with E-state index in [0.29, 0.717) is 23.9 Å². The van der Waals surface area contributed by atoms with E-state index in [1.165, 1.54) is 37.0 Å². The van der Waals surface area contributed by atoms with Gasteiger partial charge in [0.1, 0.15) is 0 Å². The second kappa shape index (κ2) is 7.72. The fourth-order valence-corrected chi connectivity index (χ4v) is 5.20. The van der Waals surface area contributed by atoms with Crippen LogP contribution in [0.2, 0.25) is 0 Å². The molecule has 1 fully saturated rings. The molecule has 120 valence electrons. The van der Waals surface area contributed by atoms with Gasteiger partial charge in [0.15, 0.2) is 0 Å². The van der Waals surface area contributed by atoms with Crippen molar-refractivity contribution in [3.63, 3.8) is 0 Å². The van der Waals surface area contributed by atoms with E-state index in [9.17, 15) is 8.42 Å². The fraction of sp³-hybridized carbons (Fsp3) is 0.733. The number of hydrogen-bond acceptors (Lipinski definition) is 4. The highest BCUT2D eigenvalue weighted by Gasteiger charge is 2.20. The minimum Gasteiger partial charge on any atom is -0.315 e. The third-order valence-electron chi connectivity index (χ3n) is 4.27. The molecule has 6 heteroatoms. The van der Waals surface area contributed by atoms with Crippen LogP contribution in [0.15, 0.2) is 16.3 Å². The zero-order valence-electron chi connectivity index (χ0n) is 12.9. The lowest BCUT2D eigenvalue weighted by Crippen LogP contribution is -2.26. The Morgan fingerprint density at radius 3 is 2.67 bits per heavy atom. The molecule has 0 radical (unpaired) electrons. The Balaban J connectivity index is 1.80. The number of sulfonamides is 1. The molecule has 0 saturated heterocycles. The molecule has 1 aliphatic carbocycles. The molecule has 21 heavy (non-hydrogen) atoms. The van der Waals surface area contributed by atoms with Crippen LogP contribution in [0, 0.1) is 11.8 Å². The monoisotopic (exact) mass is 330 g/mol. The van der Waals surface area contributed by atoms with E-state index in [2.05, 4.69) is 17.0 Å². The highest BCUT2D eigenvalue weighted by molar-refractivity contribution is 7.89. The summed E-state index contributed by atoms with van der Waals surface area (Å²) in [5.74, 6) is 1.53. The molecule has 0 aromatic carbocycles. The van der Waals surface area contributed by atoms with Gasteiger partial charge in [0.2, 0.25) is 10.0 Å². The van der Waals surface area contributed by atoms with E-state index >= 15 is 0 Å². The number of nitrogens with one attached hydrogen (secondary N) is 2. The molecule has 1 aliphatic rings. The first kappa shape index (κ1) is 16.9. The van der Waals surface area contributed by atoms with Gasteiger partial charge < -0.3 is 5.32 Å². The molecule has 2 N–H and O–H groups in total. The SMILES string of the molecule is CNCc1cc(S(=O)(=O)NCCC2CCC(C)CC2)cs1. The van der Waals surface area contributed by atoms with Crippen molar-refractivity contribution in [2.24, 2.45) is 11.8 Å². The largest absolute Gasteiger partial charge is 0.315 e. The average molecular weight is 331 g/mol. The van der Waals surface area contributed by atoms with Crippen molar-refractivity contribution in [3.8, 4) is 0 Å². The second-order valence-corrected chi connectivity index (χ2v) is 8.85. The molecule has 0 aliphatic heterocycles. The van der Waals surface area contributed by atoms with Crippen molar-refractivity contribution in [1.82, 2.24) is 10.0 Å². The van der Waals surface area contributed by atoms with Gasteiger partial charge in [0.25, 0.3) is 0 Å². The van der Waals surface area contributed by atoms with Crippen molar-refractivity contribution >= 4 is 21.4 Å². The molecule has 0 amide bonds. The zero-order chi connectivity index (χ0) is 15.3. The predicted molar refractivity (Wildman–Crippen MR) is 88.0 cm³/mol. The number of rotatable bonds is 7. The average Bonchev–Trinajstić information content (AvgIpc) is 2.91. The van der Waals surface area contributed by atoms with Gasteiger partial charge in [-0.2, -0.15) is 0 Å². The molecule has 4 nitrogen and oxygen atoms in total. The summed E-state index contributed by atoms with van der Waals surface area (Å²) in [5.41, 5.74) is 0. The lowest BCUT2D eigenvalue weighted by molar-refractivity contribution is 0.278. The van der Waals surface area contributed by atoms with Gasteiger partial charge in [-0.3, -0.25) is 0 Å². The van der Waals surface area contributed by atoms with Crippen molar-refractivity contribution < 1.29 is 8.42 Å². The standard InChI is InChI=1S/C15H26N2O2S2/c1-12-3-5-13(6-4-12)7-8-17-21(18,19)15-9-14(10-16-2)20-11-15/h9,11-13,16-17H,3-8,10H2,1-2H3. The zero-order valence-corrected chi connectivity index (χ0v) is 14.5. The van der Waals surface area contributed by atoms with Crippen LogP contribution in [-0.2, 0) is 16.6 Å². The van der Waals surface area contributed by atoms with Crippen LogP contribution in [0.3, 0.4) is 0 Å². The normalized spacial score (nSPS) is 23.3. The molecular formula is C15H26N2O2S2. The minimum atomic E-state index is -3.34. The third kappa shape index (κ3) is 5.06. The van der Waals surface area contributed by atoms with Gasteiger partial charge in [0.05, 0.1) is 4.90 Å². The Kier molecular flexibility index (Phi) is 6.22. The molecule has 1 heterocycles. The van der Waals surface area contributed by atoms with Crippen LogP contribution in [-0.4, -0.2) is 22.0 Å². The van der Waals surface area contributed by atoms with Crippen LogP contribution in [0.5, 0.6) is 0 Å². The van der Waals surface area contributed by atoms with E-state index < -0.39 is 10.0 Å². The smallest absolute Gasteiger partial charge is 0.241 e. The number of thiophene rings is 1. The maximum atomic E-state index is 12.2. The van der Waals surface area contributed by atoms with Crippen molar-refractivity contribution in [3.05, 3.63) is 16.3 Å². The Morgan fingerprint density at radius 1 is 1.29 bits per heavy atom. The van der Waals surface area contributed by atoms with Gasteiger partial charge in [0, 0.05) is 23.3 Å². The first-order valence-electron chi connectivity index (χ1n) is 7.73. The van der Waals surface area contributed by atoms with Gasteiger partial charge >= 0.3 is 0 Å². The Bertz CT molecular complexity index is 532. The predicted octanol–water partition coefficient (Wildman–Crippen LogP) is 2.96. The van der Waals surface area contributed by atoms with Gasteiger partial charge in [-0.15, -0.1) is 11.3 Å². The lowest BCUT2D eigenvalue weighted by Gasteiger charge is -2.26. The molecule has 1 aromatic rings. The van der Waals surface area contributed by atoms with E-state index in [0.717, 1.165) is 17.2 Å². The third-order valence-corrected chi connectivity index (χ3v) is 6.80. The van der Waals surface area contributed by atoms with Crippen LogP contribution in [0.25, 0.3) is 0 Å². The van der Waals surface area contributed by atoms with Crippen LogP contribution in [0.4, 0.5) is 0 Å². The summed E-state index contributed by atoms with van der Waals surface area (Å²) in [6.07, 6.45) is 6.02. The molecular weight excluding hydrogens is 304 g/mol. The van der Waals surface area contributed by atoms with Crippen molar-refractivity contribution in [2.45, 2.75) is 50.5 Å². The maximum Gasteiger partial charge on any atom is 0.241 e. The van der Waals surface area contributed by atoms with Crippen molar-refractivity contribution in [1.29, 1.82) is 0 Å². The van der Waals surface area contributed by atoms with Crippen LogP contribution in [0.1, 0.15) is 43.9 Å². The van der Waals surface area contributed by atoms with E-state index in [-0.39, 0.29) is 0 Å². The summed E-state index contributed by atoms with van der Waals surface area (Å²) in [6, 6.07) is 1.76. The summed E-state index contributed by atoms with van der Waals surface area (Å²) < 4.78 is 27.2.